The molecule has 0 bridgehead atoms. The Balaban J connectivity index is 2.21. The number of methoxy groups -OCH3 is 2. The molecule has 1 heterocycles. The van der Waals surface area contributed by atoms with Crippen molar-refractivity contribution in [3.63, 3.8) is 0 Å². The maximum absolute atomic E-state index is 12.3. The van der Waals surface area contributed by atoms with Crippen molar-refractivity contribution in [1.29, 1.82) is 0 Å². The van der Waals surface area contributed by atoms with Crippen LogP contribution in [0.4, 0.5) is 0 Å². The van der Waals surface area contributed by atoms with Gasteiger partial charge in [0.15, 0.2) is 0 Å². The molecule has 0 radical (unpaired) electrons. The molecule has 122 valence electrons. The summed E-state index contributed by atoms with van der Waals surface area (Å²) in [5.74, 6) is 0.771. The van der Waals surface area contributed by atoms with Crippen LogP contribution in [0, 0.1) is 13.8 Å². The zero-order valence-corrected chi connectivity index (χ0v) is 14.0. The Bertz CT molecular complexity index is 706. The number of benzene rings is 1. The highest BCUT2D eigenvalue weighted by molar-refractivity contribution is 6.02. The number of aromatic amines is 1. The van der Waals surface area contributed by atoms with Crippen LogP contribution in [-0.4, -0.2) is 30.8 Å². The van der Waals surface area contributed by atoms with Crippen molar-refractivity contribution in [2.24, 2.45) is 5.10 Å². The molecular weight excluding hydrogens is 294 g/mol. The quantitative estimate of drug-likeness (QED) is 0.658. The van der Waals surface area contributed by atoms with Crippen molar-refractivity contribution >= 4 is 11.6 Å². The minimum Gasteiger partial charge on any atom is -0.497 e. The van der Waals surface area contributed by atoms with Crippen LogP contribution in [0.3, 0.4) is 0 Å². The van der Waals surface area contributed by atoms with Crippen LogP contribution in [0.5, 0.6) is 11.5 Å². The Morgan fingerprint density at radius 2 is 1.74 bits per heavy atom. The van der Waals surface area contributed by atoms with Crippen molar-refractivity contribution in [3.8, 4) is 11.5 Å². The Morgan fingerprint density at radius 3 is 2.22 bits per heavy atom. The van der Waals surface area contributed by atoms with Gasteiger partial charge in [-0.05, 0) is 38.5 Å². The van der Waals surface area contributed by atoms with Crippen molar-refractivity contribution < 1.29 is 14.3 Å². The van der Waals surface area contributed by atoms with E-state index in [4.69, 9.17) is 9.47 Å². The molecule has 1 aromatic heterocycles. The van der Waals surface area contributed by atoms with E-state index in [2.05, 4.69) is 15.5 Å². The Morgan fingerprint density at radius 1 is 1.13 bits per heavy atom. The number of hydrazone groups is 1. The lowest BCUT2D eigenvalue weighted by Crippen LogP contribution is -2.19. The molecule has 1 amide bonds. The number of hydrogen-bond acceptors (Lipinski definition) is 4. The largest absolute Gasteiger partial charge is 0.497 e. The number of aromatic nitrogens is 1. The maximum Gasteiger partial charge on any atom is 0.271 e. The Kier molecular flexibility index (Phi) is 5.05. The summed E-state index contributed by atoms with van der Waals surface area (Å²) in [5, 5.41) is 4.19. The van der Waals surface area contributed by atoms with Gasteiger partial charge >= 0.3 is 0 Å². The molecule has 0 atom stereocenters. The Hall–Kier alpha value is -2.76. The van der Waals surface area contributed by atoms with E-state index < -0.39 is 0 Å². The first-order valence-electron chi connectivity index (χ1n) is 7.19. The van der Waals surface area contributed by atoms with Gasteiger partial charge in [0.05, 0.1) is 19.9 Å². The molecule has 0 fully saturated rings. The van der Waals surface area contributed by atoms with Crippen molar-refractivity contribution in [1.82, 2.24) is 10.4 Å². The molecule has 0 unspecified atom stereocenters. The first-order chi connectivity index (χ1) is 11.0. The van der Waals surface area contributed by atoms with Gasteiger partial charge in [-0.2, -0.15) is 5.10 Å². The van der Waals surface area contributed by atoms with E-state index in [9.17, 15) is 4.79 Å². The topological polar surface area (TPSA) is 75.7 Å². The summed E-state index contributed by atoms with van der Waals surface area (Å²) in [6, 6.07) is 4.98. The van der Waals surface area contributed by atoms with Gasteiger partial charge in [-0.1, -0.05) is 0 Å². The molecule has 1 aromatic carbocycles. The van der Waals surface area contributed by atoms with Gasteiger partial charge in [-0.25, -0.2) is 5.43 Å². The van der Waals surface area contributed by atoms with E-state index >= 15 is 0 Å². The number of hydrogen-bond donors (Lipinski definition) is 2. The minimum atomic E-state index is -0.326. The van der Waals surface area contributed by atoms with Crippen LogP contribution >= 0.6 is 0 Å². The summed E-state index contributed by atoms with van der Waals surface area (Å²) < 4.78 is 10.3. The lowest BCUT2D eigenvalue weighted by molar-refractivity contribution is 0.0954. The molecule has 0 saturated heterocycles. The minimum absolute atomic E-state index is 0.326. The number of amides is 1. The average molecular weight is 315 g/mol. The zero-order valence-electron chi connectivity index (χ0n) is 14.0. The zero-order chi connectivity index (χ0) is 17.0. The fourth-order valence-corrected chi connectivity index (χ4v) is 2.41. The van der Waals surface area contributed by atoms with E-state index in [-0.39, 0.29) is 5.91 Å². The van der Waals surface area contributed by atoms with Gasteiger partial charge in [-0.15, -0.1) is 0 Å². The van der Waals surface area contributed by atoms with Crippen molar-refractivity contribution in [2.45, 2.75) is 20.8 Å². The SMILES string of the molecule is COc1cc(OC)cc(C(=O)N/N=C(\C)c2c(C)c[nH]c2C)c1. The summed E-state index contributed by atoms with van der Waals surface area (Å²) in [4.78, 5) is 15.4. The van der Waals surface area contributed by atoms with Gasteiger partial charge in [0.25, 0.3) is 5.91 Å². The van der Waals surface area contributed by atoms with E-state index in [1.54, 1.807) is 18.2 Å². The summed E-state index contributed by atoms with van der Waals surface area (Å²) in [7, 11) is 3.08. The summed E-state index contributed by atoms with van der Waals surface area (Å²) in [5.41, 5.74) is 6.83. The molecule has 0 aliphatic heterocycles. The molecule has 2 N–H and O–H groups in total. The second kappa shape index (κ2) is 7.00. The van der Waals surface area contributed by atoms with Crippen LogP contribution in [0.1, 0.15) is 34.1 Å². The lowest BCUT2D eigenvalue weighted by Gasteiger charge is -2.08. The summed E-state index contributed by atoms with van der Waals surface area (Å²) >= 11 is 0. The maximum atomic E-state index is 12.3. The molecule has 23 heavy (non-hydrogen) atoms. The van der Waals surface area contributed by atoms with Crippen LogP contribution < -0.4 is 14.9 Å². The predicted octanol–water partition coefficient (Wildman–Crippen LogP) is 2.80. The molecule has 0 aliphatic carbocycles. The third kappa shape index (κ3) is 3.71. The van der Waals surface area contributed by atoms with Crippen LogP contribution in [-0.2, 0) is 0 Å². The number of H-pyrrole nitrogens is 1. The van der Waals surface area contributed by atoms with E-state index in [1.807, 2.05) is 27.0 Å². The summed E-state index contributed by atoms with van der Waals surface area (Å²) in [6.45, 7) is 5.82. The van der Waals surface area contributed by atoms with Gasteiger partial charge in [0.2, 0.25) is 0 Å². The molecule has 6 heteroatoms. The highest BCUT2D eigenvalue weighted by Crippen LogP contribution is 2.22. The molecule has 2 rings (SSSR count). The lowest BCUT2D eigenvalue weighted by atomic mass is 10.1. The number of rotatable bonds is 5. The van der Waals surface area contributed by atoms with E-state index in [1.165, 1.54) is 14.2 Å². The van der Waals surface area contributed by atoms with Crippen molar-refractivity contribution in [2.75, 3.05) is 14.2 Å². The number of aryl methyl sites for hydroxylation is 2. The number of ether oxygens (including phenoxy) is 2. The fourth-order valence-electron chi connectivity index (χ4n) is 2.41. The monoisotopic (exact) mass is 315 g/mol. The third-order valence-electron chi connectivity index (χ3n) is 3.58. The Labute approximate surface area is 135 Å². The van der Waals surface area contributed by atoms with E-state index in [0.29, 0.717) is 17.1 Å². The fraction of sp³-hybridized carbons (Fsp3) is 0.294. The van der Waals surface area contributed by atoms with Crippen LogP contribution in [0.25, 0.3) is 0 Å². The molecule has 6 nitrogen and oxygen atoms in total. The number of nitrogens with zero attached hydrogens (tertiary/aromatic N) is 1. The average Bonchev–Trinajstić information content (AvgIpc) is 2.90. The first-order valence-corrected chi connectivity index (χ1v) is 7.19. The molecule has 0 saturated carbocycles. The normalized spacial score (nSPS) is 11.3. The number of nitrogens with one attached hydrogen (secondary N) is 2. The highest BCUT2D eigenvalue weighted by Gasteiger charge is 2.11. The van der Waals surface area contributed by atoms with Crippen LogP contribution in [0.15, 0.2) is 29.5 Å². The number of carbonyl (C=O) groups excluding carboxylic acids is 1. The number of carbonyl (C=O) groups is 1. The van der Waals surface area contributed by atoms with Gasteiger partial charge in [-0.3, -0.25) is 4.79 Å². The molecular formula is C17H21N3O3. The molecule has 0 spiro atoms. The second-order valence-electron chi connectivity index (χ2n) is 5.21. The van der Waals surface area contributed by atoms with Gasteiger partial charge in [0, 0.05) is 29.1 Å². The predicted molar refractivity (Wildman–Crippen MR) is 89.5 cm³/mol. The summed E-state index contributed by atoms with van der Waals surface area (Å²) in [6.07, 6.45) is 1.92. The smallest absolute Gasteiger partial charge is 0.271 e. The van der Waals surface area contributed by atoms with Gasteiger partial charge < -0.3 is 14.5 Å². The highest BCUT2D eigenvalue weighted by atomic mass is 16.5. The molecule has 0 aliphatic rings. The molecule has 2 aromatic rings. The van der Waals surface area contributed by atoms with Crippen molar-refractivity contribution in [3.05, 3.63) is 46.8 Å². The van der Waals surface area contributed by atoms with Gasteiger partial charge in [0.1, 0.15) is 11.5 Å². The first kappa shape index (κ1) is 16.6. The standard InChI is InChI=1S/C17H21N3O3/c1-10-9-18-11(2)16(10)12(3)19-20-17(21)13-6-14(22-4)8-15(7-13)23-5/h6-9,18H,1-5H3,(H,20,21)/b19-12+. The van der Waals surface area contributed by atoms with E-state index in [0.717, 1.165) is 22.5 Å². The second-order valence-corrected chi connectivity index (χ2v) is 5.21. The third-order valence-corrected chi connectivity index (χ3v) is 3.58. The van der Waals surface area contributed by atoms with Crippen LogP contribution in [0.2, 0.25) is 0 Å².